The first-order chi connectivity index (χ1) is 8.08. The Labute approximate surface area is 102 Å². The minimum atomic E-state index is 0.0254. The van der Waals surface area contributed by atoms with Gasteiger partial charge in [-0.15, -0.1) is 0 Å². The van der Waals surface area contributed by atoms with Crippen LogP contribution in [0.4, 0.5) is 11.4 Å². The van der Waals surface area contributed by atoms with Gasteiger partial charge in [0.05, 0.1) is 5.84 Å². The molecule has 0 aliphatic heterocycles. The van der Waals surface area contributed by atoms with E-state index in [0.717, 1.165) is 17.2 Å². The summed E-state index contributed by atoms with van der Waals surface area (Å²) in [5.74, 6) is 0.966. The molecular formula is C13H19N3O. The number of hydrogen-bond donors (Lipinski definition) is 1. The molecule has 1 amide bonds. The van der Waals surface area contributed by atoms with E-state index < -0.39 is 0 Å². The van der Waals surface area contributed by atoms with Crippen molar-refractivity contribution < 1.29 is 4.79 Å². The molecule has 0 spiro atoms. The molecule has 1 N–H and O–H groups in total. The highest BCUT2D eigenvalue weighted by Gasteiger charge is 2.04. The average Bonchev–Trinajstić information content (AvgIpc) is 2.37. The van der Waals surface area contributed by atoms with E-state index in [2.05, 4.69) is 10.3 Å². The van der Waals surface area contributed by atoms with Crippen molar-refractivity contribution in [2.75, 3.05) is 24.3 Å². The minimum Gasteiger partial charge on any atom is -0.334 e. The number of rotatable bonds is 3. The maximum absolute atomic E-state index is 11.2. The van der Waals surface area contributed by atoms with Crippen molar-refractivity contribution in [2.24, 2.45) is 4.99 Å². The van der Waals surface area contributed by atoms with Crippen LogP contribution in [0.25, 0.3) is 0 Å². The Balaban J connectivity index is 2.77. The summed E-state index contributed by atoms with van der Waals surface area (Å²) in [7, 11) is 3.73. The molecule has 0 saturated heterocycles. The van der Waals surface area contributed by atoms with Gasteiger partial charge in [-0.3, -0.25) is 9.79 Å². The molecule has 4 heteroatoms. The van der Waals surface area contributed by atoms with E-state index in [1.807, 2.05) is 50.1 Å². The van der Waals surface area contributed by atoms with Gasteiger partial charge in [0, 0.05) is 31.9 Å². The summed E-state index contributed by atoms with van der Waals surface area (Å²) in [6, 6.07) is 7.70. The lowest BCUT2D eigenvalue weighted by Crippen LogP contribution is -2.23. The molecule has 0 aromatic heterocycles. The molecule has 17 heavy (non-hydrogen) atoms. The fraction of sp³-hybridized carbons (Fsp3) is 0.385. The number of nitrogens with one attached hydrogen (secondary N) is 1. The van der Waals surface area contributed by atoms with E-state index in [4.69, 9.17) is 0 Å². The highest BCUT2D eigenvalue weighted by atomic mass is 16.1. The Bertz CT molecular complexity index is 409. The topological polar surface area (TPSA) is 44.7 Å². The normalized spacial score (nSPS) is 11.2. The first-order valence-electron chi connectivity index (χ1n) is 5.65. The summed E-state index contributed by atoms with van der Waals surface area (Å²) in [5, 5.41) is 2.81. The smallest absolute Gasteiger partial charge is 0.224 e. The molecule has 1 aromatic rings. The Morgan fingerprint density at radius 3 is 2.41 bits per heavy atom. The molecule has 0 aliphatic rings. The van der Waals surface area contributed by atoms with Crippen LogP contribution in [0, 0.1) is 0 Å². The predicted molar refractivity (Wildman–Crippen MR) is 72.8 cm³/mol. The van der Waals surface area contributed by atoms with Crippen LogP contribution in [0.5, 0.6) is 0 Å². The maximum atomic E-state index is 11.2. The number of carbonyl (C=O) groups excluding carboxylic acids is 1. The third-order valence-corrected chi connectivity index (χ3v) is 2.67. The van der Waals surface area contributed by atoms with Gasteiger partial charge in [0.1, 0.15) is 0 Å². The van der Waals surface area contributed by atoms with Crippen molar-refractivity contribution in [1.29, 1.82) is 0 Å². The van der Waals surface area contributed by atoms with Crippen molar-refractivity contribution in [3.8, 4) is 0 Å². The van der Waals surface area contributed by atoms with E-state index >= 15 is 0 Å². The van der Waals surface area contributed by atoms with E-state index in [9.17, 15) is 4.79 Å². The van der Waals surface area contributed by atoms with Crippen LogP contribution in [-0.2, 0) is 4.79 Å². The van der Waals surface area contributed by atoms with Crippen LogP contribution in [0.15, 0.2) is 29.3 Å². The minimum absolute atomic E-state index is 0.0254. The Morgan fingerprint density at radius 2 is 1.94 bits per heavy atom. The number of amidine groups is 1. The van der Waals surface area contributed by atoms with Gasteiger partial charge in [-0.05, 0) is 31.2 Å². The summed E-state index contributed by atoms with van der Waals surface area (Å²) in [6.07, 6.45) is 0.489. The molecule has 1 rings (SSSR count). The van der Waals surface area contributed by atoms with Gasteiger partial charge < -0.3 is 10.2 Å². The van der Waals surface area contributed by atoms with Gasteiger partial charge in [0.2, 0.25) is 5.91 Å². The molecule has 1 aromatic carbocycles. The lowest BCUT2D eigenvalue weighted by atomic mass is 10.2. The number of amides is 1. The fourth-order valence-electron chi connectivity index (χ4n) is 1.35. The van der Waals surface area contributed by atoms with Crippen LogP contribution in [0.2, 0.25) is 0 Å². The molecule has 4 nitrogen and oxygen atoms in total. The average molecular weight is 233 g/mol. The second kappa shape index (κ2) is 6.03. The third-order valence-electron chi connectivity index (χ3n) is 2.67. The molecule has 92 valence electrons. The fourth-order valence-corrected chi connectivity index (χ4v) is 1.35. The van der Waals surface area contributed by atoms with E-state index in [1.165, 1.54) is 0 Å². The van der Waals surface area contributed by atoms with Gasteiger partial charge in [0.15, 0.2) is 0 Å². The van der Waals surface area contributed by atoms with Crippen molar-refractivity contribution in [3.63, 3.8) is 0 Å². The molecule has 0 unspecified atom stereocenters. The third kappa shape index (κ3) is 3.59. The standard InChI is InChI=1S/C13H19N3O/c1-5-13(17)15-11-6-8-12(9-7-11)16(4)10(2)14-3/h6-9H,5H2,1-4H3,(H,15,17). The van der Waals surface area contributed by atoms with Crippen molar-refractivity contribution in [2.45, 2.75) is 20.3 Å². The van der Waals surface area contributed by atoms with Crippen molar-refractivity contribution in [1.82, 2.24) is 0 Å². The lowest BCUT2D eigenvalue weighted by Gasteiger charge is -2.18. The lowest BCUT2D eigenvalue weighted by molar-refractivity contribution is -0.115. The quantitative estimate of drug-likeness (QED) is 0.644. The van der Waals surface area contributed by atoms with Gasteiger partial charge in [-0.1, -0.05) is 6.92 Å². The summed E-state index contributed by atoms with van der Waals surface area (Å²) in [4.78, 5) is 17.3. The molecular weight excluding hydrogens is 214 g/mol. The van der Waals surface area contributed by atoms with Gasteiger partial charge in [-0.25, -0.2) is 0 Å². The first kappa shape index (κ1) is 13.2. The van der Waals surface area contributed by atoms with Crippen LogP contribution in [0.1, 0.15) is 20.3 Å². The number of anilines is 2. The molecule has 0 radical (unpaired) electrons. The van der Waals surface area contributed by atoms with Crippen LogP contribution in [0.3, 0.4) is 0 Å². The van der Waals surface area contributed by atoms with Crippen LogP contribution < -0.4 is 10.2 Å². The van der Waals surface area contributed by atoms with Crippen LogP contribution >= 0.6 is 0 Å². The largest absolute Gasteiger partial charge is 0.334 e. The molecule has 0 fully saturated rings. The molecule has 0 saturated carbocycles. The van der Waals surface area contributed by atoms with Gasteiger partial charge >= 0.3 is 0 Å². The monoisotopic (exact) mass is 233 g/mol. The van der Waals surface area contributed by atoms with Crippen molar-refractivity contribution >= 4 is 23.1 Å². The van der Waals surface area contributed by atoms with Crippen LogP contribution in [-0.4, -0.2) is 25.8 Å². The van der Waals surface area contributed by atoms with E-state index in [0.29, 0.717) is 6.42 Å². The summed E-state index contributed by atoms with van der Waals surface area (Å²) in [5.41, 5.74) is 1.86. The number of hydrogen-bond acceptors (Lipinski definition) is 2. The second-order valence-corrected chi connectivity index (χ2v) is 3.78. The summed E-state index contributed by atoms with van der Waals surface area (Å²) >= 11 is 0. The highest BCUT2D eigenvalue weighted by Crippen LogP contribution is 2.17. The highest BCUT2D eigenvalue weighted by molar-refractivity contribution is 5.96. The zero-order valence-electron chi connectivity index (χ0n) is 10.8. The van der Waals surface area contributed by atoms with Gasteiger partial charge in [-0.2, -0.15) is 0 Å². The summed E-state index contributed by atoms with van der Waals surface area (Å²) < 4.78 is 0. The zero-order valence-corrected chi connectivity index (χ0v) is 10.8. The Kier molecular flexibility index (Phi) is 4.69. The number of aliphatic imine (C=N–C) groups is 1. The molecule has 0 heterocycles. The second-order valence-electron chi connectivity index (χ2n) is 3.78. The summed E-state index contributed by atoms with van der Waals surface area (Å²) in [6.45, 7) is 3.78. The Hall–Kier alpha value is -1.84. The molecule has 0 aliphatic carbocycles. The zero-order chi connectivity index (χ0) is 12.8. The van der Waals surface area contributed by atoms with E-state index in [-0.39, 0.29) is 5.91 Å². The van der Waals surface area contributed by atoms with E-state index in [1.54, 1.807) is 7.05 Å². The van der Waals surface area contributed by atoms with Crippen molar-refractivity contribution in [3.05, 3.63) is 24.3 Å². The SMILES string of the molecule is CCC(=O)Nc1ccc(N(C)C(C)=NC)cc1. The molecule has 0 atom stereocenters. The Morgan fingerprint density at radius 1 is 1.35 bits per heavy atom. The maximum Gasteiger partial charge on any atom is 0.224 e. The predicted octanol–water partition coefficient (Wildman–Crippen LogP) is 2.52. The number of benzene rings is 1. The first-order valence-corrected chi connectivity index (χ1v) is 5.65. The van der Waals surface area contributed by atoms with Gasteiger partial charge in [0.25, 0.3) is 0 Å². The number of nitrogens with zero attached hydrogens (tertiary/aromatic N) is 2. The number of carbonyl (C=O) groups is 1. The molecule has 0 bridgehead atoms.